The molecule has 3 heteroatoms. The molecule has 0 radical (unpaired) electrons. The standard InChI is InChI=1S/C4H11N3/c1-7-5-3-2-4-6-7/h5-6H,2-4H2,1H3. The van der Waals surface area contributed by atoms with Crippen molar-refractivity contribution in [2.45, 2.75) is 6.42 Å². The highest BCUT2D eigenvalue weighted by atomic mass is 15.7. The van der Waals surface area contributed by atoms with Gasteiger partial charge in [-0.05, 0) is 6.42 Å². The summed E-state index contributed by atoms with van der Waals surface area (Å²) >= 11 is 0. The van der Waals surface area contributed by atoms with Crippen molar-refractivity contribution in [3.05, 3.63) is 0 Å². The second-order valence-electron chi connectivity index (χ2n) is 1.73. The Kier molecular flexibility index (Phi) is 1.62. The zero-order valence-electron chi connectivity index (χ0n) is 4.57. The van der Waals surface area contributed by atoms with Gasteiger partial charge in [0, 0.05) is 20.1 Å². The summed E-state index contributed by atoms with van der Waals surface area (Å²) in [5.41, 5.74) is 6.21. The molecule has 1 aliphatic rings. The first-order valence-corrected chi connectivity index (χ1v) is 2.60. The highest BCUT2D eigenvalue weighted by Crippen LogP contribution is 1.80. The lowest BCUT2D eigenvalue weighted by Gasteiger charge is -2.23. The normalized spacial score (nSPS) is 25.3. The number of rotatable bonds is 0. The molecule has 0 bridgehead atoms. The maximum atomic E-state index is 3.10. The van der Waals surface area contributed by atoms with E-state index in [0.717, 1.165) is 13.1 Å². The molecule has 0 amide bonds. The van der Waals surface area contributed by atoms with Crippen LogP contribution in [0.15, 0.2) is 0 Å². The SMILES string of the molecule is CN1NCCCN1. The monoisotopic (exact) mass is 101 g/mol. The van der Waals surface area contributed by atoms with Crippen molar-refractivity contribution >= 4 is 0 Å². The van der Waals surface area contributed by atoms with Crippen LogP contribution in [-0.2, 0) is 0 Å². The van der Waals surface area contributed by atoms with E-state index in [1.165, 1.54) is 6.42 Å². The topological polar surface area (TPSA) is 27.3 Å². The van der Waals surface area contributed by atoms with E-state index in [4.69, 9.17) is 0 Å². The Morgan fingerprint density at radius 2 is 1.86 bits per heavy atom. The van der Waals surface area contributed by atoms with Crippen molar-refractivity contribution in [2.75, 3.05) is 20.1 Å². The van der Waals surface area contributed by atoms with Gasteiger partial charge >= 0.3 is 0 Å². The number of hydrogen-bond donors (Lipinski definition) is 2. The smallest absolute Gasteiger partial charge is 0.0174 e. The van der Waals surface area contributed by atoms with Crippen LogP contribution in [0, 0.1) is 0 Å². The van der Waals surface area contributed by atoms with Crippen LogP contribution in [0.1, 0.15) is 6.42 Å². The minimum atomic E-state index is 1.10. The highest BCUT2D eigenvalue weighted by Gasteiger charge is 1.99. The summed E-state index contributed by atoms with van der Waals surface area (Å²) in [5.74, 6) is 0. The Hall–Kier alpha value is -0.120. The first kappa shape index (κ1) is 5.03. The lowest BCUT2D eigenvalue weighted by Crippen LogP contribution is -2.50. The Labute approximate surface area is 43.6 Å². The molecule has 0 aromatic carbocycles. The Morgan fingerprint density at radius 1 is 1.29 bits per heavy atom. The van der Waals surface area contributed by atoms with Crippen LogP contribution in [-0.4, -0.2) is 25.3 Å². The summed E-state index contributed by atoms with van der Waals surface area (Å²) in [5, 5.41) is 1.89. The molecule has 0 spiro atoms. The van der Waals surface area contributed by atoms with Crippen molar-refractivity contribution < 1.29 is 0 Å². The van der Waals surface area contributed by atoms with E-state index in [1.54, 1.807) is 0 Å². The molecule has 7 heavy (non-hydrogen) atoms. The third-order valence-electron chi connectivity index (χ3n) is 1.05. The lowest BCUT2D eigenvalue weighted by molar-refractivity contribution is 0.122. The van der Waals surface area contributed by atoms with Gasteiger partial charge in [-0.2, -0.15) is 5.12 Å². The molecule has 1 fully saturated rings. The second kappa shape index (κ2) is 2.26. The molecule has 0 unspecified atom stereocenters. The van der Waals surface area contributed by atoms with Crippen LogP contribution in [0.4, 0.5) is 0 Å². The molecular weight excluding hydrogens is 90.1 g/mol. The van der Waals surface area contributed by atoms with Crippen LogP contribution in [0.2, 0.25) is 0 Å². The molecule has 0 saturated carbocycles. The Balaban J connectivity index is 2.12. The molecule has 0 aliphatic carbocycles. The Bertz CT molecular complexity index is 48.9. The van der Waals surface area contributed by atoms with Gasteiger partial charge in [-0.1, -0.05) is 0 Å². The van der Waals surface area contributed by atoms with E-state index in [0.29, 0.717) is 0 Å². The first-order chi connectivity index (χ1) is 3.39. The van der Waals surface area contributed by atoms with E-state index in [9.17, 15) is 0 Å². The van der Waals surface area contributed by atoms with Gasteiger partial charge in [0.15, 0.2) is 0 Å². The van der Waals surface area contributed by atoms with Crippen molar-refractivity contribution in [1.82, 2.24) is 16.0 Å². The lowest BCUT2D eigenvalue weighted by atomic mass is 10.4. The van der Waals surface area contributed by atoms with Gasteiger partial charge < -0.3 is 0 Å². The number of hydrogen-bond acceptors (Lipinski definition) is 3. The summed E-state index contributed by atoms with van der Waals surface area (Å²) in [4.78, 5) is 0. The third kappa shape index (κ3) is 1.43. The summed E-state index contributed by atoms with van der Waals surface area (Å²) in [6.45, 7) is 2.20. The third-order valence-corrected chi connectivity index (χ3v) is 1.05. The quantitative estimate of drug-likeness (QED) is 0.424. The van der Waals surface area contributed by atoms with Crippen molar-refractivity contribution in [3.8, 4) is 0 Å². The molecule has 1 rings (SSSR count). The molecule has 3 nitrogen and oxygen atoms in total. The van der Waals surface area contributed by atoms with E-state index in [2.05, 4.69) is 10.9 Å². The zero-order chi connectivity index (χ0) is 5.11. The fourth-order valence-corrected chi connectivity index (χ4v) is 0.638. The minimum absolute atomic E-state index is 1.10. The molecule has 0 atom stereocenters. The van der Waals surface area contributed by atoms with E-state index < -0.39 is 0 Å². The zero-order valence-corrected chi connectivity index (χ0v) is 4.57. The van der Waals surface area contributed by atoms with Gasteiger partial charge in [0.1, 0.15) is 0 Å². The minimum Gasteiger partial charge on any atom is -0.242 e. The maximum Gasteiger partial charge on any atom is 0.0174 e. The fraction of sp³-hybridized carbons (Fsp3) is 1.00. The summed E-state index contributed by atoms with van der Waals surface area (Å²) in [6, 6.07) is 0. The summed E-state index contributed by atoms with van der Waals surface area (Å²) in [6.07, 6.45) is 1.23. The van der Waals surface area contributed by atoms with Gasteiger partial charge in [-0.3, -0.25) is 0 Å². The molecule has 1 heterocycles. The highest BCUT2D eigenvalue weighted by molar-refractivity contribution is 4.50. The molecule has 0 aromatic heterocycles. The molecular formula is C4H11N3. The largest absolute Gasteiger partial charge is 0.242 e. The molecule has 2 N–H and O–H groups in total. The van der Waals surface area contributed by atoms with Crippen molar-refractivity contribution in [1.29, 1.82) is 0 Å². The van der Waals surface area contributed by atoms with Crippen LogP contribution in [0.25, 0.3) is 0 Å². The van der Waals surface area contributed by atoms with Crippen LogP contribution in [0.5, 0.6) is 0 Å². The number of nitrogens with one attached hydrogen (secondary N) is 2. The first-order valence-electron chi connectivity index (χ1n) is 2.60. The predicted octanol–water partition coefficient (Wildman–Crippen LogP) is -0.669. The molecule has 1 aliphatic heterocycles. The maximum absolute atomic E-state index is 3.10. The van der Waals surface area contributed by atoms with E-state index in [-0.39, 0.29) is 0 Å². The molecule has 0 aromatic rings. The fourth-order valence-electron chi connectivity index (χ4n) is 0.638. The van der Waals surface area contributed by atoms with Crippen molar-refractivity contribution in [3.63, 3.8) is 0 Å². The van der Waals surface area contributed by atoms with Gasteiger partial charge in [-0.25, -0.2) is 10.9 Å². The van der Waals surface area contributed by atoms with Gasteiger partial charge in [0.25, 0.3) is 0 Å². The van der Waals surface area contributed by atoms with Gasteiger partial charge in [-0.15, -0.1) is 0 Å². The number of nitrogens with zero attached hydrogens (tertiary/aromatic N) is 1. The predicted molar refractivity (Wildman–Crippen MR) is 28.4 cm³/mol. The van der Waals surface area contributed by atoms with E-state index in [1.807, 2.05) is 12.2 Å². The van der Waals surface area contributed by atoms with Crippen LogP contribution in [0.3, 0.4) is 0 Å². The average molecular weight is 101 g/mol. The molecule has 1 saturated heterocycles. The van der Waals surface area contributed by atoms with Crippen molar-refractivity contribution in [2.24, 2.45) is 0 Å². The van der Waals surface area contributed by atoms with Crippen LogP contribution >= 0.6 is 0 Å². The summed E-state index contributed by atoms with van der Waals surface area (Å²) in [7, 11) is 1.97. The number of hydrazine groups is 2. The van der Waals surface area contributed by atoms with E-state index >= 15 is 0 Å². The van der Waals surface area contributed by atoms with Crippen LogP contribution < -0.4 is 10.9 Å². The Morgan fingerprint density at radius 3 is 2.14 bits per heavy atom. The molecule has 42 valence electrons. The second-order valence-corrected chi connectivity index (χ2v) is 1.73. The average Bonchev–Trinajstić information content (AvgIpc) is 1.69. The van der Waals surface area contributed by atoms with Gasteiger partial charge in [0.05, 0.1) is 0 Å². The summed E-state index contributed by atoms with van der Waals surface area (Å²) < 4.78 is 0. The van der Waals surface area contributed by atoms with Gasteiger partial charge in [0.2, 0.25) is 0 Å².